The van der Waals surface area contributed by atoms with Crippen LogP contribution in [0.5, 0.6) is 0 Å². The number of piperazine rings is 1. The standard InChI is InChI=1S/C23H29N3O3/c1-16-6-7-17(2)20(14-16)26-21(27)15-25(12-13-29-5)23(28)22(26)18-8-10-19(11-9-18)24(3)4/h6-11,14,22H,12-13,15H2,1-5H3/t22-/m1/s1. The fraction of sp³-hybridized carbons (Fsp3) is 0.391. The van der Waals surface area contributed by atoms with Crippen LogP contribution in [0.25, 0.3) is 0 Å². The van der Waals surface area contributed by atoms with Crippen molar-refractivity contribution in [3.63, 3.8) is 0 Å². The lowest BCUT2D eigenvalue weighted by atomic mass is 9.98. The van der Waals surface area contributed by atoms with Crippen molar-refractivity contribution < 1.29 is 14.3 Å². The summed E-state index contributed by atoms with van der Waals surface area (Å²) in [5.41, 5.74) is 4.65. The number of hydrogen-bond acceptors (Lipinski definition) is 4. The lowest BCUT2D eigenvalue weighted by Crippen LogP contribution is -2.56. The molecule has 0 bridgehead atoms. The van der Waals surface area contributed by atoms with E-state index in [4.69, 9.17) is 4.74 Å². The molecule has 0 N–H and O–H groups in total. The number of benzene rings is 2. The molecule has 6 heteroatoms. The molecule has 2 amide bonds. The SMILES string of the molecule is COCCN1CC(=O)N(c2cc(C)ccc2C)[C@H](c2ccc(N(C)C)cc2)C1=O. The normalized spacial score (nSPS) is 17.1. The predicted octanol–water partition coefficient (Wildman–Crippen LogP) is 2.93. The van der Waals surface area contributed by atoms with E-state index in [2.05, 4.69) is 0 Å². The molecule has 1 aliphatic rings. The summed E-state index contributed by atoms with van der Waals surface area (Å²) in [6.45, 7) is 4.81. The van der Waals surface area contributed by atoms with Gasteiger partial charge in [0, 0.05) is 39.1 Å². The molecule has 3 rings (SSSR count). The molecule has 0 radical (unpaired) electrons. The summed E-state index contributed by atoms with van der Waals surface area (Å²) in [7, 11) is 5.54. The smallest absolute Gasteiger partial charge is 0.250 e. The molecule has 1 heterocycles. The largest absolute Gasteiger partial charge is 0.383 e. The van der Waals surface area contributed by atoms with Crippen LogP contribution in [-0.2, 0) is 14.3 Å². The van der Waals surface area contributed by atoms with Crippen molar-refractivity contribution in [2.45, 2.75) is 19.9 Å². The highest BCUT2D eigenvalue weighted by Crippen LogP contribution is 2.35. The molecule has 6 nitrogen and oxygen atoms in total. The van der Waals surface area contributed by atoms with Gasteiger partial charge in [0.1, 0.15) is 12.6 Å². The number of ether oxygens (including phenoxy) is 1. The quantitative estimate of drug-likeness (QED) is 0.755. The Morgan fingerprint density at radius 1 is 1.07 bits per heavy atom. The summed E-state index contributed by atoms with van der Waals surface area (Å²) in [5.74, 6) is -0.170. The fourth-order valence-electron chi connectivity index (χ4n) is 3.63. The number of carbonyl (C=O) groups is 2. The van der Waals surface area contributed by atoms with Crippen molar-refractivity contribution in [1.82, 2.24) is 4.90 Å². The molecule has 1 fully saturated rings. The molecule has 29 heavy (non-hydrogen) atoms. The van der Waals surface area contributed by atoms with Crippen LogP contribution >= 0.6 is 0 Å². The second kappa shape index (κ2) is 8.66. The van der Waals surface area contributed by atoms with Crippen molar-refractivity contribution in [3.8, 4) is 0 Å². The van der Waals surface area contributed by atoms with Gasteiger partial charge in [-0.15, -0.1) is 0 Å². The fourth-order valence-corrected chi connectivity index (χ4v) is 3.63. The van der Waals surface area contributed by atoms with E-state index in [0.717, 1.165) is 28.1 Å². The number of methoxy groups -OCH3 is 1. The van der Waals surface area contributed by atoms with Gasteiger partial charge in [-0.1, -0.05) is 24.3 Å². The molecule has 2 aromatic carbocycles. The van der Waals surface area contributed by atoms with E-state index in [1.165, 1.54) is 0 Å². The number of anilines is 2. The molecule has 1 saturated heterocycles. The van der Waals surface area contributed by atoms with E-state index in [1.54, 1.807) is 16.9 Å². The first-order valence-electron chi connectivity index (χ1n) is 9.77. The molecule has 0 aliphatic carbocycles. The second-order valence-electron chi connectivity index (χ2n) is 7.69. The summed E-state index contributed by atoms with van der Waals surface area (Å²) < 4.78 is 5.13. The monoisotopic (exact) mass is 395 g/mol. The maximum atomic E-state index is 13.4. The number of carbonyl (C=O) groups excluding carboxylic acids is 2. The Morgan fingerprint density at radius 2 is 1.76 bits per heavy atom. The molecule has 2 aromatic rings. The highest BCUT2D eigenvalue weighted by atomic mass is 16.5. The Hall–Kier alpha value is -2.86. The highest BCUT2D eigenvalue weighted by Gasteiger charge is 2.41. The van der Waals surface area contributed by atoms with Crippen LogP contribution in [0.15, 0.2) is 42.5 Å². The van der Waals surface area contributed by atoms with Crippen LogP contribution in [-0.4, -0.2) is 57.6 Å². The molecule has 0 unspecified atom stereocenters. The van der Waals surface area contributed by atoms with E-state index in [0.29, 0.717) is 13.2 Å². The molecular weight excluding hydrogens is 366 g/mol. The third-order valence-corrected chi connectivity index (χ3v) is 5.31. The van der Waals surface area contributed by atoms with Gasteiger partial charge in [0.05, 0.1) is 6.61 Å². The Labute approximate surface area is 172 Å². The van der Waals surface area contributed by atoms with Gasteiger partial charge in [-0.3, -0.25) is 14.5 Å². The Kier molecular flexibility index (Phi) is 6.23. The molecule has 1 atom stereocenters. The van der Waals surface area contributed by atoms with Crippen molar-refractivity contribution in [1.29, 1.82) is 0 Å². The predicted molar refractivity (Wildman–Crippen MR) is 115 cm³/mol. The summed E-state index contributed by atoms with van der Waals surface area (Å²) in [5, 5.41) is 0. The number of aryl methyl sites for hydroxylation is 2. The van der Waals surface area contributed by atoms with Gasteiger partial charge in [0.15, 0.2) is 0 Å². The first-order chi connectivity index (χ1) is 13.8. The highest BCUT2D eigenvalue weighted by molar-refractivity contribution is 6.07. The van der Waals surface area contributed by atoms with Crippen LogP contribution in [0.4, 0.5) is 11.4 Å². The van der Waals surface area contributed by atoms with Crippen LogP contribution in [0.2, 0.25) is 0 Å². The van der Waals surface area contributed by atoms with Crippen molar-refractivity contribution in [3.05, 3.63) is 59.2 Å². The minimum atomic E-state index is -0.690. The molecule has 0 spiro atoms. The van der Waals surface area contributed by atoms with E-state index < -0.39 is 6.04 Å². The summed E-state index contributed by atoms with van der Waals surface area (Å²) >= 11 is 0. The third-order valence-electron chi connectivity index (χ3n) is 5.31. The maximum Gasteiger partial charge on any atom is 0.250 e. The molecule has 154 valence electrons. The molecular formula is C23H29N3O3. The number of amides is 2. The molecule has 0 saturated carbocycles. The number of rotatable bonds is 6. The zero-order valence-corrected chi connectivity index (χ0v) is 17.8. The van der Waals surface area contributed by atoms with Crippen LogP contribution in [0.1, 0.15) is 22.7 Å². The van der Waals surface area contributed by atoms with E-state index in [-0.39, 0.29) is 18.4 Å². The van der Waals surface area contributed by atoms with Gasteiger partial charge >= 0.3 is 0 Å². The first kappa shape index (κ1) is 20.9. The van der Waals surface area contributed by atoms with Gasteiger partial charge in [0.2, 0.25) is 5.91 Å². The summed E-state index contributed by atoms with van der Waals surface area (Å²) in [4.78, 5) is 31.9. The minimum Gasteiger partial charge on any atom is -0.383 e. The van der Waals surface area contributed by atoms with Gasteiger partial charge in [-0.25, -0.2) is 0 Å². The molecule has 1 aliphatic heterocycles. The topological polar surface area (TPSA) is 53.1 Å². The van der Waals surface area contributed by atoms with Crippen molar-refractivity contribution >= 4 is 23.2 Å². The Bertz CT molecular complexity index is 893. The first-order valence-corrected chi connectivity index (χ1v) is 9.77. The number of nitrogens with zero attached hydrogens (tertiary/aromatic N) is 3. The van der Waals surface area contributed by atoms with Gasteiger partial charge in [-0.05, 0) is 48.7 Å². The molecule has 0 aromatic heterocycles. The van der Waals surface area contributed by atoms with Crippen molar-refractivity contribution in [2.24, 2.45) is 0 Å². The van der Waals surface area contributed by atoms with Gasteiger partial charge in [-0.2, -0.15) is 0 Å². The van der Waals surface area contributed by atoms with Crippen LogP contribution in [0, 0.1) is 13.8 Å². The van der Waals surface area contributed by atoms with E-state index in [1.807, 2.05) is 75.3 Å². The summed E-state index contributed by atoms with van der Waals surface area (Å²) in [6, 6.07) is 13.1. The zero-order valence-electron chi connectivity index (χ0n) is 17.8. The third kappa shape index (κ3) is 4.27. The average Bonchev–Trinajstić information content (AvgIpc) is 2.70. The second-order valence-corrected chi connectivity index (χ2v) is 7.69. The average molecular weight is 396 g/mol. The van der Waals surface area contributed by atoms with Crippen molar-refractivity contribution in [2.75, 3.05) is 50.7 Å². The van der Waals surface area contributed by atoms with Gasteiger partial charge in [0.25, 0.3) is 5.91 Å². The number of hydrogen-bond donors (Lipinski definition) is 0. The Balaban J connectivity index is 2.08. The van der Waals surface area contributed by atoms with E-state index in [9.17, 15) is 9.59 Å². The van der Waals surface area contributed by atoms with Gasteiger partial charge < -0.3 is 14.5 Å². The lowest BCUT2D eigenvalue weighted by molar-refractivity contribution is -0.142. The zero-order chi connectivity index (χ0) is 21.1. The Morgan fingerprint density at radius 3 is 2.38 bits per heavy atom. The van der Waals surface area contributed by atoms with Crippen LogP contribution < -0.4 is 9.80 Å². The van der Waals surface area contributed by atoms with Crippen LogP contribution in [0.3, 0.4) is 0 Å². The van der Waals surface area contributed by atoms with E-state index >= 15 is 0 Å². The minimum absolute atomic E-state index is 0.0574. The lowest BCUT2D eigenvalue weighted by Gasteiger charge is -2.41. The maximum absolute atomic E-state index is 13.4. The summed E-state index contributed by atoms with van der Waals surface area (Å²) in [6.07, 6.45) is 0.